The molecule has 0 aromatic rings. The summed E-state index contributed by atoms with van der Waals surface area (Å²) in [6, 6.07) is 0. The minimum absolute atomic E-state index is 0.328. The molecule has 0 heterocycles. The van der Waals surface area contributed by atoms with Gasteiger partial charge in [-0.25, -0.2) is 0 Å². The van der Waals surface area contributed by atoms with Crippen molar-refractivity contribution in [1.29, 1.82) is 0 Å². The van der Waals surface area contributed by atoms with Gasteiger partial charge in [-0.05, 0) is 6.92 Å². The van der Waals surface area contributed by atoms with Crippen LogP contribution in [0.15, 0.2) is 0 Å². The summed E-state index contributed by atoms with van der Waals surface area (Å²) in [5, 5.41) is 16.7. The third-order valence-electron chi connectivity index (χ3n) is 0.708. The molecule has 1 atom stereocenters. The number of aliphatic hydroxyl groups is 1. The fourth-order valence-electron chi connectivity index (χ4n) is 0.401. The molecule has 0 saturated carbocycles. The van der Waals surface area contributed by atoms with Crippen molar-refractivity contribution in [1.82, 2.24) is 0 Å². The van der Waals surface area contributed by atoms with Gasteiger partial charge in [-0.1, -0.05) is 0 Å². The zero-order valence-corrected chi connectivity index (χ0v) is 5.20. The average Bonchev–Trinajstić information content (AvgIpc) is 1.63. The van der Waals surface area contributed by atoms with E-state index in [9.17, 15) is 4.79 Å². The van der Waals surface area contributed by atoms with Crippen LogP contribution in [0.3, 0.4) is 0 Å². The van der Waals surface area contributed by atoms with Crippen molar-refractivity contribution in [3.63, 3.8) is 0 Å². The van der Waals surface area contributed by atoms with Crippen molar-refractivity contribution in [2.24, 2.45) is 0 Å². The highest BCUT2D eigenvalue weighted by Gasteiger charge is 2.06. The molecule has 4 heteroatoms. The van der Waals surface area contributed by atoms with Gasteiger partial charge in [0.05, 0.1) is 6.42 Å². The van der Waals surface area contributed by atoms with Gasteiger partial charge in [0.25, 0.3) is 0 Å². The molecule has 0 bridgehead atoms. The van der Waals surface area contributed by atoms with E-state index in [1.165, 1.54) is 0 Å². The zero-order valence-electron chi connectivity index (χ0n) is 5.20. The van der Waals surface area contributed by atoms with Crippen LogP contribution < -0.4 is 0 Å². The molecule has 0 aliphatic carbocycles. The van der Waals surface area contributed by atoms with Crippen molar-refractivity contribution in [3.05, 3.63) is 0 Å². The van der Waals surface area contributed by atoms with Crippen LogP contribution >= 0.6 is 0 Å². The molecule has 1 unspecified atom stereocenters. The van der Waals surface area contributed by atoms with E-state index in [-0.39, 0.29) is 6.42 Å². The SMILES string of the molecule is CCOC(O)CC(=O)O. The van der Waals surface area contributed by atoms with E-state index in [2.05, 4.69) is 4.74 Å². The normalized spacial score (nSPS) is 13.1. The third-order valence-corrected chi connectivity index (χ3v) is 0.708. The molecule has 0 saturated heterocycles. The van der Waals surface area contributed by atoms with Crippen LogP contribution in [0, 0.1) is 0 Å². The van der Waals surface area contributed by atoms with Crippen LogP contribution in [-0.4, -0.2) is 29.1 Å². The largest absolute Gasteiger partial charge is 0.481 e. The van der Waals surface area contributed by atoms with Gasteiger partial charge in [0.15, 0.2) is 6.29 Å². The van der Waals surface area contributed by atoms with Gasteiger partial charge in [0, 0.05) is 6.61 Å². The number of carboxylic acid groups (broad SMARTS) is 1. The van der Waals surface area contributed by atoms with Crippen molar-refractivity contribution >= 4 is 5.97 Å². The molecule has 0 rings (SSSR count). The van der Waals surface area contributed by atoms with E-state index in [4.69, 9.17) is 10.2 Å². The van der Waals surface area contributed by atoms with Crippen LogP contribution in [-0.2, 0) is 9.53 Å². The smallest absolute Gasteiger partial charge is 0.308 e. The molecule has 54 valence electrons. The Morgan fingerprint density at radius 3 is 2.67 bits per heavy atom. The van der Waals surface area contributed by atoms with Gasteiger partial charge in [0.2, 0.25) is 0 Å². The number of hydrogen-bond donors (Lipinski definition) is 2. The Hall–Kier alpha value is -0.610. The maximum Gasteiger partial charge on any atom is 0.308 e. The Morgan fingerprint density at radius 2 is 2.33 bits per heavy atom. The lowest BCUT2D eigenvalue weighted by atomic mass is 10.4. The lowest BCUT2D eigenvalue weighted by Gasteiger charge is -2.05. The Balaban J connectivity index is 3.26. The van der Waals surface area contributed by atoms with E-state index >= 15 is 0 Å². The molecule has 0 spiro atoms. The quantitative estimate of drug-likeness (QED) is 0.523. The van der Waals surface area contributed by atoms with Gasteiger partial charge in [-0.15, -0.1) is 0 Å². The Labute approximate surface area is 53.1 Å². The number of hydrogen-bond acceptors (Lipinski definition) is 3. The Morgan fingerprint density at radius 1 is 1.78 bits per heavy atom. The molecule has 0 aliphatic rings. The fraction of sp³-hybridized carbons (Fsp3) is 0.800. The number of carbonyl (C=O) groups is 1. The second-order valence-electron chi connectivity index (χ2n) is 1.51. The van der Waals surface area contributed by atoms with E-state index < -0.39 is 12.3 Å². The van der Waals surface area contributed by atoms with Crippen molar-refractivity contribution in [3.8, 4) is 0 Å². The molecule has 0 radical (unpaired) electrons. The first-order valence-electron chi connectivity index (χ1n) is 2.68. The summed E-state index contributed by atoms with van der Waals surface area (Å²) in [6.45, 7) is 2.01. The highest BCUT2D eigenvalue weighted by atomic mass is 16.6. The first-order valence-corrected chi connectivity index (χ1v) is 2.68. The second-order valence-corrected chi connectivity index (χ2v) is 1.51. The molecule has 0 aromatic heterocycles. The van der Waals surface area contributed by atoms with Gasteiger partial charge >= 0.3 is 5.97 Å². The predicted octanol–water partition coefficient (Wildman–Crippen LogP) is -0.184. The molecule has 0 fully saturated rings. The first-order chi connectivity index (χ1) is 4.16. The summed E-state index contributed by atoms with van der Waals surface area (Å²) in [4.78, 5) is 9.84. The predicted molar refractivity (Wildman–Crippen MR) is 29.9 cm³/mol. The summed E-state index contributed by atoms with van der Waals surface area (Å²) >= 11 is 0. The van der Waals surface area contributed by atoms with Gasteiger partial charge in [-0.2, -0.15) is 0 Å². The molecule has 4 nitrogen and oxygen atoms in total. The fourth-order valence-corrected chi connectivity index (χ4v) is 0.401. The van der Waals surface area contributed by atoms with Gasteiger partial charge in [-0.3, -0.25) is 4.79 Å². The molecular formula is C5H10O4. The molecule has 2 N–H and O–H groups in total. The second kappa shape index (κ2) is 4.29. The summed E-state index contributed by atoms with van der Waals surface area (Å²) < 4.78 is 4.53. The van der Waals surface area contributed by atoms with Crippen LogP contribution in [0.2, 0.25) is 0 Å². The standard InChI is InChI=1S/C5H10O4/c1-2-9-5(8)3-4(6)7/h5,8H,2-3H2,1H3,(H,6,7). The van der Waals surface area contributed by atoms with E-state index in [1.807, 2.05) is 0 Å². The third kappa shape index (κ3) is 5.26. The summed E-state index contributed by atoms with van der Waals surface area (Å²) in [7, 11) is 0. The van der Waals surface area contributed by atoms with Crippen LogP contribution in [0.5, 0.6) is 0 Å². The number of carboxylic acids is 1. The Bertz CT molecular complexity index is 91.0. The van der Waals surface area contributed by atoms with E-state index in [1.54, 1.807) is 6.92 Å². The van der Waals surface area contributed by atoms with E-state index in [0.717, 1.165) is 0 Å². The summed E-state index contributed by atoms with van der Waals surface area (Å²) in [5.41, 5.74) is 0. The minimum Gasteiger partial charge on any atom is -0.481 e. The molecular weight excluding hydrogens is 124 g/mol. The van der Waals surface area contributed by atoms with E-state index in [0.29, 0.717) is 6.61 Å². The van der Waals surface area contributed by atoms with Crippen molar-refractivity contribution in [2.45, 2.75) is 19.6 Å². The van der Waals surface area contributed by atoms with Gasteiger partial charge < -0.3 is 14.9 Å². The topological polar surface area (TPSA) is 66.8 Å². The number of rotatable bonds is 4. The summed E-state index contributed by atoms with van der Waals surface area (Å²) in [6.07, 6.45) is -1.51. The maximum absolute atomic E-state index is 9.84. The number of aliphatic hydroxyl groups excluding tert-OH is 1. The molecule has 9 heavy (non-hydrogen) atoms. The highest BCUT2D eigenvalue weighted by molar-refractivity contribution is 5.67. The molecule has 0 amide bonds. The lowest BCUT2D eigenvalue weighted by molar-refractivity contribution is -0.151. The number of aliphatic carboxylic acids is 1. The first kappa shape index (κ1) is 8.39. The summed E-state index contributed by atoms with van der Waals surface area (Å²) in [5.74, 6) is -1.06. The van der Waals surface area contributed by atoms with Crippen LogP contribution in [0.25, 0.3) is 0 Å². The average molecular weight is 134 g/mol. The highest BCUT2D eigenvalue weighted by Crippen LogP contribution is 1.92. The van der Waals surface area contributed by atoms with Crippen LogP contribution in [0.1, 0.15) is 13.3 Å². The van der Waals surface area contributed by atoms with Crippen LogP contribution in [0.4, 0.5) is 0 Å². The molecule has 0 aliphatic heterocycles. The monoisotopic (exact) mass is 134 g/mol. The maximum atomic E-state index is 9.84. The van der Waals surface area contributed by atoms with Gasteiger partial charge in [0.1, 0.15) is 0 Å². The zero-order chi connectivity index (χ0) is 7.28. The number of ether oxygens (including phenoxy) is 1. The lowest BCUT2D eigenvalue weighted by Crippen LogP contribution is -2.16. The minimum atomic E-state index is -1.16. The molecule has 0 aromatic carbocycles. The Kier molecular flexibility index (Phi) is 4.00. The van der Waals surface area contributed by atoms with Crippen molar-refractivity contribution in [2.75, 3.05) is 6.61 Å². The van der Waals surface area contributed by atoms with Crippen molar-refractivity contribution < 1.29 is 19.7 Å².